The van der Waals surface area contributed by atoms with Crippen LogP contribution in [0.1, 0.15) is 39.0 Å². The first-order valence-corrected chi connectivity index (χ1v) is 7.84. The van der Waals surface area contributed by atoms with Crippen LogP contribution in [0.15, 0.2) is 0 Å². The highest BCUT2D eigenvalue weighted by Gasteiger charge is 2.40. The maximum Gasteiger partial charge on any atom is 0.307 e. The smallest absolute Gasteiger partial charge is 0.307 e. The van der Waals surface area contributed by atoms with Crippen LogP contribution in [-0.2, 0) is 14.4 Å². The van der Waals surface area contributed by atoms with Gasteiger partial charge in [0.15, 0.2) is 0 Å². The fraction of sp³-hybridized carbons (Fsp3) is 0.800. The summed E-state index contributed by atoms with van der Waals surface area (Å²) in [6.45, 7) is 4.22. The standard InChI is InChI=1S/C15H24N2O4/c1-2-13(18)16-7-4-8-17(10-9-16)14(19)11-5-3-6-12(11)15(20)21/h11-12H,2-10H2,1H3,(H,20,21). The number of aliphatic carboxylic acids is 1. The third-order valence-electron chi connectivity index (χ3n) is 4.61. The van der Waals surface area contributed by atoms with Crippen molar-refractivity contribution in [1.29, 1.82) is 0 Å². The van der Waals surface area contributed by atoms with E-state index < -0.39 is 11.9 Å². The number of nitrogens with zero attached hydrogens (tertiary/aromatic N) is 2. The molecule has 0 spiro atoms. The molecule has 0 aromatic rings. The molecule has 0 bridgehead atoms. The molecule has 2 amide bonds. The van der Waals surface area contributed by atoms with Gasteiger partial charge in [0, 0.05) is 32.6 Å². The molecule has 21 heavy (non-hydrogen) atoms. The summed E-state index contributed by atoms with van der Waals surface area (Å²) in [6, 6.07) is 0. The van der Waals surface area contributed by atoms with E-state index in [1.807, 2.05) is 6.92 Å². The van der Waals surface area contributed by atoms with Crippen LogP contribution >= 0.6 is 0 Å². The highest BCUT2D eigenvalue weighted by Crippen LogP contribution is 2.33. The second-order valence-electron chi connectivity index (χ2n) is 5.90. The van der Waals surface area contributed by atoms with Crippen molar-refractivity contribution in [3.8, 4) is 0 Å². The number of hydrogen-bond donors (Lipinski definition) is 1. The van der Waals surface area contributed by atoms with Crippen LogP contribution in [-0.4, -0.2) is 58.9 Å². The maximum absolute atomic E-state index is 12.6. The predicted molar refractivity (Wildman–Crippen MR) is 76.5 cm³/mol. The third kappa shape index (κ3) is 3.54. The van der Waals surface area contributed by atoms with Crippen LogP contribution in [0.3, 0.4) is 0 Å². The Morgan fingerprint density at radius 3 is 2.24 bits per heavy atom. The molecule has 1 aliphatic carbocycles. The largest absolute Gasteiger partial charge is 0.481 e. The number of carbonyl (C=O) groups is 3. The molecule has 1 heterocycles. The molecular weight excluding hydrogens is 272 g/mol. The van der Waals surface area contributed by atoms with E-state index in [0.717, 1.165) is 12.8 Å². The minimum absolute atomic E-state index is 0.0364. The van der Waals surface area contributed by atoms with Gasteiger partial charge in [-0.15, -0.1) is 0 Å². The van der Waals surface area contributed by atoms with Crippen molar-refractivity contribution in [2.45, 2.75) is 39.0 Å². The van der Waals surface area contributed by atoms with Gasteiger partial charge in [0.25, 0.3) is 0 Å². The van der Waals surface area contributed by atoms with Crippen molar-refractivity contribution >= 4 is 17.8 Å². The lowest BCUT2D eigenvalue weighted by Crippen LogP contribution is -2.41. The second kappa shape index (κ2) is 6.91. The summed E-state index contributed by atoms with van der Waals surface area (Å²) in [5.41, 5.74) is 0. The SMILES string of the molecule is CCC(=O)N1CCCN(C(=O)C2CCCC2C(=O)O)CC1. The molecule has 1 N–H and O–H groups in total. The number of carboxylic acids is 1. The predicted octanol–water partition coefficient (Wildman–Crippen LogP) is 0.958. The number of amides is 2. The zero-order valence-corrected chi connectivity index (χ0v) is 12.6. The summed E-state index contributed by atoms with van der Waals surface area (Å²) < 4.78 is 0. The first kappa shape index (κ1) is 15.8. The molecule has 0 aromatic carbocycles. The minimum Gasteiger partial charge on any atom is -0.481 e. The second-order valence-corrected chi connectivity index (χ2v) is 5.90. The van der Waals surface area contributed by atoms with Crippen molar-refractivity contribution in [3.63, 3.8) is 0 Å². The fourth-order valence-electron chi connectivity index (χ4n) is 3.40. The molecule has 2 unspecified atom stereocenters. The quantitative estimate of drug-likeness (QED) is 0.841. The van der Waals surface area contributed by atoms with Crippen LogP contribution in [0.5, 0.6) is 0 Å². The Kier molecular flexibility index (Phi) is 5.20. The number of rotatable bonds is 3. The molecule has 2 aliphatic rings. The number of carboxylic acid groups (broad SMARTS) is 1. The first-order valence-electron chi connectivity index (χ1n) is 7.84. The van der Waals surface area contributed by atoms with E-state index in [2.05, 4.69) is 0 Å². The maximum atomic E-state index is 12.6. The average Bonchev–Trinajstić information content (AvgIpc) is 2.84. The van der Waals surface area contributed by atoms with Crippen LogP contribution in [0.2, 0.25) is 0 Å². The topological polar surface area (TPSA) is 77.9 Å². The van der Waals surface area contributed by atoms with E-state index in [-0.39, 0.29) is 17.7 Å². The monoisotopic (exact) mass is 296 g/mol. The van der Waals surface area contributed by atoms with Crippen LogP contribution < -0.4 is 0 Å². The Bertz CT molecular complexity index is 424. The average molecular weight is 296 g/mol. The van der Waals surface area contributed by atoms with Gasteiger partial charge in [0.2, 0.25) is 11.8 Å². The molecule has 2 atom stereocenters. The Labute approximate surface area is 125 Å². The molecule has 0 aromatic heterocycles. The lowest BCUT2D eigenvalue weighted by atomic mass is 9.94. The van der Waals surface area contributed by atoms with Gasteiger partial charge in [-0.1, -0.05) is 13.3 Å². The molecular formula is C15H24N2O4. The van der Waals surface area contributed by atoms with E-state index in [4.69, 9.17) is 0 Å². The lowest BCUT2D eigenvalue weighted by Gasteiger charge is -2.26. The molecule has 2 rings (SSSR count). The molecule has 1 aliphatic heterocycles. The number of hydrogen-bond acceptors (Lipinski definition) is 3. The van der Waals surface area contributed by atoms with Crippen molar-refractivity contribution < 1.29 is 19.5 Å². The zero-order chi connectivity index (χ0) is 15.4. The Morgan fingerprint density at radius 2 is 1.57 bits per heavy atom. The molecule has 1 saturated carbocycles. The first-order chi connectivity index (χ1) is 10.0. The summed E-state index contributed by atoms with van der Waals surface area (Å²) in [6.07, 6.45) is 3.32. The molecule has 2 fully saturated rings. The van der Waals surface area contributed by atoms with E-state index in [9.17, 15) is 19.5 Å². The van der Waals surface area contributed by atoms with Crippen LogP contribution in [0.4, 0.5) is 0 Å². The van der Waals surface area contributed by atoms with Crippen molar-refractivity contribution in [2.24, 2.45) is 11.8 Å². The van der Waals surface area contributed by atoms with Crippen LogP contribution in [0.25, 0.3) is 0 Å². The zero-order valence-electron chi connectivity index (χ0n) is 12.6. The summed E-state index contributed by atoms with van der Waals surface area (Å²) in [5.74, 6) is -1.69. The lowest BCUT2D eigenvalue weighted by molar-refractivity contribution is -0.149. The molecule has 1 saturated heterocycles. The van der Waals surface area contributed by atoms with Gasteiger partial charge in [0.05, 0.1) is 11.8 Å². The summed E-state index contributed by atoms with van der Waals surface area (Å²) in [4.78, 5) is 39.1. The van der Waals surface area contributed by atoms with E-state index >= 15 is 0 Å². The van der Waals surface area contributed by atoms with Gasteiger partial charge in [0.1, 0.15) is 0 Å². The van der Waals surface area contributed by atoms with E-state index in [0.29, 0.717) is 45.4 Å². The Hall–Kier alpha value is -1.59. The van der Waals surface area contributed by atoms with Crippen molar-refractivity contribution in [1.82, 2.24) is 9.80 Å². The summed E-state index contributed by atoms with van der Waals surface area (Å²) in [7, 11) is 0. The molecule has 118 valence electrons. The Balaban J connectivity index is 1.97. The van der Waals surface area contributed by atoms with Gasteiger partial charge in [-0.05, 0) is 19.3 Å². The summed E-state index contributed by atoms with van der Waals surface area (Å²) >= 11 is 0. The highest BCUT2D eigenvalue weighted by atomic mass is 16.4. The minimum atomic E-state index is -0.858. The fourth-order valence-corrected chi connectivity index (χ4v) is 3.40. The van der Waals surface area contributed by atoms with Crippen LogP contribution in [0, 0.1) is 11.8 Å². The normalized spacial score (nSPS) is 26.5. The summed E-state index contributed by atoms with van der Waals surface area (Å²) in [5, 5.41) is 9.21. The number of carbonyl (C=O) groups excluding carboxylic acids is 2. The van der Waals surface area contributed by atoms with Gasteiger partial charge in [-0.3, -0.25) is 14.4 Å². The molecule has 6 heteroatoms. The van der Waals surface area contributed by atoms with Crippen molar-refractivity contribution in [3.05, 3.63) is 0 Å². The van der Waals surface area contributed by atoms with Gasteiger partial charge < -0.3 is 14.9 Å². The third-order valence-corrected chi connectivity index (χ3v) is 4.61. The van der Waals surface area contributed by atoms with E-state index in [1.165, 1.54) is 0 Å². The van der Waals surface area contributed by atoms with Crippen molar-refractivity contribution in [2.75, 3.05) is 26.2 Å². The highest BCUT2D eigenvalue weighted by molar-refractivity contribution is 5.85. The molecule has 0 radical (unpaired) electrons. The van der Waals surface area contributed by atoms with Gasteiger partial charge >= 0.3 is 5.97 Å². The molecule has 6 nitrogen and oxygen atoms in total. The Morgan fingerprint density at radius 1 is 0.952 bits per heavy atom. The van der Waals surface area contributed by atoms with Gasteiger partial charge in [-0.2, -0.15) is 0 Å². The van der Waals surface area contributed by atoms with E-state index in [1.54, 1.807) is 9.80 Å². The van der Waals surface area contributed by atoms with Gasteiger partial charge in [-0.25, -0.2) is 0 Å².